The van der Waals surface area contributed by atoms with E-state index in [4.69, 9.17) is 0 Å². The molecule has 106 valence electrons. The Balaban J connectivity index is 1.94. The fourth-order valence-corrected chi connectivity index (χ4v) is 2.91. The molecule has 1 heterocycles. The third kappa shape index (κ3) is 3.45. The van der Waals surface area contributed by atoms with Gasteiger partial charge in [0, 0.05) is 6.42 Å². The van der Waals surface area contributed by atoms with Crippen molar-refractivity contribution in [2.45, 2.75) is 57.0 Å². The number of nitrogens with one attached hydrogen (secondary N) is 2. The Labute approximate surface area is 111 Å². The molecule has 2 atom stereocenters. The van der Waals surface area contributed by atoms with Crippen molar-refractivity contribution < 1.29 is 19.5 Å². The predicted molar refractivity (Wildman–Crippen MR) is 67.3 cm³/mol. The second kappa shape index (κ2) is 6.04. The molecular weight excluding hydrogens is 248 g/mol. The van der Waals surface area contributed by atoms with Gasteiger partial charge in [-0.15, -0.1) is 0 Å². The maximum absolute atomic E-state index is 12.0. The Morgan fingerprint density at radius 3 is 2.42 bits per heavy atom. The summed E-state index contributed by atoms with van der Waals surface area (Å²) < 4.78 is 0. The van der Waals surface area contributed by atoms with Gasteiger partial charge in [-0.2, -0.15) is 0 Å². The van der Waals surface area contributed by atoms with Crippen molar-refractivity contribution in [2.24, 2.45) is 5.92 Å². The van der Waals surface area contributed by atoms with Gasteiger partial charge in [0.15, 0.2) is 0 Å². The molecule has 1 aliphatic carbocycles. The van der Waals surface area contributed by atoms with Crippen molar-refractivity contribution in [3.05, 3.63) is 0 Å². The van der Waals surface area contributed by atoms with Gasteiger partial charge in [-0.1, -0.05) is 19.3 Å². The van der Waals surface area contributed by atoms with E-state index in [1.807, 2.05) is 0 Å². The first-order chi connectivity index (χ1) is 9.08. The molecule has 6 heteroatoms. The van der Waals surface area contributed by atoms with Crippen LogP contribution in [0.5, 0.6) is 0 Å². The molecule has 0 radical (unpaired) electrons. The average molecular weight is 268 g/mol. The maximum Gasteiger partial charge on any atom is 0.326 e. The molecule has 19 heavy (non-hydrogen) atoms. The molecule has 1 saturated heterocycles. The van der Waals surface area contributed by atoms with Crippen molar-refractivity contribution in [3.63, 3.8) is 0 Å². The number of rotatable bonds is 4. The SMILES string of the molecule is O=C1CCC(C(=O)NC(C(=O)O)C2CCCCC2)N1. The normalized spacial score (nSPS) is 25.7. The first kappa shape index (κ1) is 13.8. The van der Waals surface area contributed by atoms with Crippen LogP contribution in [0.3, 0.4) is 0 Å². The van der Waals surface area contributed by atoms with Gasteiger partial charge >= 0.3 is 5.97 Å². The molecule has 0 aromatic heterocycles. The lowest BCUT2D eigenvalue weighted by Gasteiger charge is -2.28. The van der Waals surface area contributed by atoms with Crippen LogP contribution in [0.1, 0.15) is 44.9 Å². The number of carbonyl (C=O) groups is 3. The van der Waals surface area contributed by atoms with Crippen molar-refractivity contribution in [3.8, 4) is 0 Å². The largest absolute Gasteiger partial charge is 0.480 e. The Hall–Kier alpha value is -1.59. The molecule has 1 aliphatic heterocycles. The van der Waals surface area contributed by atoms with E-state index in [2.05, 4.69) is 10.6 Å². The lowest BCUT2D eigenvalue weighted by Crippen LogP contribution is -2.52. The molecule has 2 unspecified atom stereocenters. The summed E-state index contributed by atoms with van der Waals surface area (Å²) in [4.78, 5) is 34.3. The Morgan fingerprint density at radius 1 is 1.21 bits per heavy atom. The molecule has 0 aromatic carbocycles. The fourth-order valence-electron chi connectivity index (χ4n) is 2.91. The van der Waals surface area contributed by atoms with Crippen LogP contribution in [-0.2, 0) is 14.4 Å². The number of hydrogen-bond donors (Lipinski definition) is 3. The van der Waals surface area contributed by atoms with Gasteiger partial charge in [0.1, 0.15) is 12.1 Å². The molecule has 3 N–H and O–H groups in total. The zero-order valence-corrected chi connectivity index (χ0v) is 10.9. The van der Waals surface area contributed by atoms with E-state index < -0.39 is 18.1 Å². The third-order valence-corrected chi connectivity index (χ3v) is 4.00. The average Bonchev–Trinajstić information content (AvgIpc) is 2.83. The van der Waals surface area contributed by atoms with E-state index in [1.165, 1.54) is 0 Å². The summed E-state index contributed by atoms with van der Waals surface area (Å²) in [7, 11) is 0. The summed E-state index contributed by atoms with van der Waals surface area (Å²) >= 11 is 0. The minimum atomic E-state index is -0.982. The third-order valence-electron chi connectivity index (χ3n) is 4.00. The highest BCUT2D eigenvalue weighted by Crippen LogP contribution is 2.26. The highest BCUT2D eigenvalue weighted by Gasteiger charge is 2.34. The van der Waals surface area contributed by atoms with Gasteiger partial charge in [0.25, 0.3) is 0 Å². The lowest BCUT2D eigenvalue weighted by molar-refractivity contribution is -0.144. The van der Waals surface area contributed by atoms with Crippen molar-refractivity contribution in [1.82, 2.24) is 10.6 Å². The number of carboxylic acid groups (broad SMARTS) is 1. The topological polar surface area (TPSA) is 95.5 Å². The summed E-state index contributed by atoms with van der Waals surface area (Å²) in [5.41, 5.74) is 0. The zero-order valence-electron chi connectivity index (χ0n) is 10.9. The van der Waals surface area contributed by atoms with Gasteiger partial charge in [0.2, 0.25) is 11.8 Å². The summed E-state index contributed by atoms with van der Waals surface area (Å²) in [6.45, 7) is 0. The van der Waals surface area contributed by atoms with E-state index in [0.29, 0.717) is 12.8 Å². The highest BCUT2D eigenvalue weighted by atomic mass is 16.4. The van der Waals surface area contributed by atoms with E-state index in [9.17, 15) is 19.5 Å². The highest BCUT2D eigenvalue weighted by molar-refractivity contribution is 5.92. The standard InChI is InChI=1S/C13H20N2O4/c16-10-7-6-9(14-10)12(17)15-11(13(18)19)8-4-2-1-3-5-8/h8-9,11H,1-7H2,(H,14,16)(H,15,17)(H,18,19). The second-order valence-electron chi connectivity index (χ2n) is 5.38. The van der Waals surface area contributed by atoms with Gasteiger partial charge in [-0.25, -0.2) is 4.79 Å². The molecule has 0 aromatic rings. The van der Waals surface area contributed by atoms with Crippen LogP contribution in [0, 0.1) is 5.92 Å². The van der Waals surface area contributed by atoms with E-state index in [0.717, 1.165) is 32.1 Å². The fraction of sp³-hybridized carbons (Fsp3) is 0.769. The Morgan fingerprint density at radius 2 is 1.89 bits per heavy atom. The molecular formula is C13H20N2O4. The molecule has 2 amide bonds. The van der Waals surface area contributed by atoms with Crippen LogP contribution < -0.4 is 10.6 Å². The minimum Gasteiger partial charge on any atom is -0.480 e. The van der Waals surface area contributed by atoms with E-state index >= 15 is 0 Å². The van der Waals surface area contributed by atoms with Gasteiger partial charge in [0.05, 0.1) is 0 Å². The number of hydrogen-bond acceptors (Lipinski definition) is 3. The number of carbonyl (C=O) groups excluding carboxylic acids is 2. The molecule has 6 nitrogen and oxygen atoms in total. The van der Waals surface area contributed by atoms with Gasteiger partial charge in [-0.3, -0.25) is 9.59 Å². The number of amides is 2. The molecule has 0 bridgehead atoms. The summed E-state index contributed by atoms with van der Waals surface area (Å²) in [5.74, 6) is -1.50. The number of carboxylic acids is 1. The van der Waals surface area contributed by atoms with Crippen molar-refractivity contribution in [2.75, 3.05) is 0 Å². The lowest BCUT2D eigenvalue weighted by atomic mass is 9.84. The monoisotopic (exact) mass is 268 g/mol. The molecule has 0 spiro atoms. The molecule has 2 fully saturated rings. The molecule has 1 saturated carbocycles. The van der Waals surface area contributed by atoms with Crippen molar-refractivity contribution >= 4 is 17.8 Å². The van der Waals surface area contributed by atoms with Crippen molar-refractivity contribution in [1.29, 1.82) is 0 Å². The van der Waals surface area contributed by atoms with Crippen LogP contribution in [0.15, 0.2) is 0 Å². The quantitative estimate of drug-likeness (QED) is 0.688. The van der Waals surface area contributed by atoms with Crippen LogP contribution in [-0.4, -0.2) is 35.0 Å². The first-order valence-electron chi connectivity index (χ1n) is 6.90. The second-order valence-corrected chi connectivity index (χ2v) is 5.38. The predicted octanol–water partition coefficient (Wildman–Crippen LogP) is 0.415. The summed E-state index contributed by atoms with van der Waals surface area (Å²) in [6.07, 6.45) is 5.63. The summed E-state index contributed by atoms with van der Waals surface area (Å²) in [6, 6.07) is -1.40. The van der Waals surface area contributed by atoms with Crippen LogP contribution in [0.25, 0.3) is 0 Å². The first-order valence-corrected chi connectivity index (χ1v) is 6.90. The summed E-state index contributed by atoms with van der Waals surface area (Å²) in [5, 5.41) is 14.4. The van der Waals surface area contributed by atoms with Gasteiger partial charge < -0.3 is 15.7 Å². The molecule has 2 aliphatic rings. The minimum absolute atomic E-state index is 0.00676. The van der Waals surface area contributed by atoms with Crippen LogP contribution in [0.4, 0.5) is 0 Å². The van der Waals surface area contributed by atoms with Crippen LogP contribution in [0.2, 0.25) is 0 Å². The van der Waals surface area contributed by atoms with E-state index in [-0.39, 0.29) is 17.7 Å². The molecule has 2 rings (SSSR count). The van der Waals surface area contributed by atoms with Crippen LogP contribution >= 0.6 is 0 Å². The maximum atomic E-state index is 12.0. The number of aliphatic carboxylic acids is 1. The smallest absolute Gasteiger partial charge is 0.326 e. The van der Waals surface area contributed by atoms with E-state index in [1.54, 1.807) is 0 Å². The van der Waals surface area contributed by atoms with Gasteiger partial charge in [-0.05, 0) is 25.2 Å². The Bertz CT molecular complexity index is 377. The zero-order chi connectivity index (χ0) is 13.8. The Kier molecular flexibility index (Phi) is 4.39.